The summed E-state index contributed by atoms with van der Waals surface area (Å²) in [6.45, 7) is -0.417. The predicted molar refractivity (Wildman–Crippen MR) is 111 cm³/mol. The molecule has 1 aromatic carbocycles. The summed E-state index contributed by atoms with van der Waals surface area (Å²) in [5.74, 6) is -0.00307. The second-order valence-corrected chi connectivity index (χ2v) is 7.69. The van der Waals surface area contributed by atoms with Gasteiger partial charge in [0.1, 0.15) is 16.9 Å². The summed E-state index contributed by atoms with van der Waals surface area (Å²) in [4.78, 5) is 17.2. The minimum atomic E-state index is -0.968. The largest absolute Gasteiger partial charge is 0.483 e. The van der Waals surface area contributed by atoms with E-state index >= 15 is 0 Å². The lowest BCUT2D eigenvalue weighted by atomic mass is 10.1. The highest BCUT2D eigenvalue weighted by atomic mass is 32.1. The number of hydrogen-bond donors (Lipinski definition) is 6. The molecule has 3 aromatic rings. The molecule has 29 heavy (non-hydrogen) atoms. The number of anilines is 2. The number of carbonyl (C=O) groups is 1. The Bertz CT molecular complexity index is 949. The molecular weight excluding hydrogens is 396 g/mol. The second-order valence-electron chi connectivity index (χ2n) is 6.66. The van der Waals surface area contributed by atoms with Crippen LogP contribution in [0, 0.1) is 5.92 Å². The highest BCUT2D eigenvalue weighted by Gasteiger charge is 2.41. The third kappa shape index (κ3) is 4.46. The summed E-state index contributed by atoms with van der Waals surface area (Å²) in [5.41, 5.74) is 8.25. The van der Waals surface area contributed by atoms with E-state index in [1.165, 1.54) is 0 Å². The van der Waals surface area contributed by atoms with Gasteiger partial charge in [-0.1, -0.05) is 12.1 Å². The van der Waals surface area contributed by atoms with Crippen molar-refractivity contribution in [2.45, 2.75) is 24.7 Å². The van der Waals surface area contributed by atoms with Crippen LogP contribution in [0.3, 0.4) is 0 Å². The van der Waals surface area contributed by atoms with Crippen LogP contribution in [0.5, 0.6) is 0 Å². The lowest BCUT2D eigenvalue weighted by Gasteiger charge is -2.20. The zero-order chi connectivity index (χ0) is 21.0. The number of aliphatic hydroxyl groups is 3. The Morgan fingerprint density at radius 3 is 2.66 bits per heavy atom. The first kappa shape index (κ1) is 20.9. The smallest absolute Gasteiger partial charge is 0.290 e. The van der Waals surface area contributed by atoms with Gasteiger partial charge in [-0.05, 0) is 18.6 Å². The number of nitrogens with one attached hydrogen (secondary N) is 1. The molecule has 1 saturated carbocycles. The van der Waals surface area contributed by atoms with Crippen molar-refractivity contribution < 1.29 is 25.2 Å². The standard InChI is InChI=1S/C18H20N4O3S.CH2O2/c19-15-6-12(21-13-5-9(8-23)16(24)17(13)25)10(7-20-15)18-22-11-3-1-2-4-14(11)26-18;2-1-3/h1-4,6-7,9,13,16-17,23-25H,5,8H2,(H3,19,20,21);1H,(H,2,3)/t9-,13-,16-,17+;/m1./s1. The first-order valence-corrected chi connectivity index (χ1v) is 9.73. The molecule has 0 amide bonds. The van der Waals surface area contributed by atoms with Gasteiger partial charge in [0, 0.05) is 30.5 Å². The van der Waals surface area contributed by atoms with Gasteiger partial charge in [0.05, 0.1) is 27.9 Å². The van der Waals surface area contributed by atoms with Crippen LogP contribution in [0.25, 0.3) is 20.8 Å². The molecule has 0 spiro atoms. The van der Waals surface area contributed by atoms with Crippen molar-refractivity contribution in [3.8, 4) is 10.6 Å². The number of aromatic nitrogens is 2. The van der Waals surface area contributed by atoms with Crippen LogP contribution in [-0.2, 0) is 4.79 Å². The second kappa shape index (κ2) is 9.14. The van der Waals surface area contributed by atoms with Gasteiger partial charge in [0.25, 0.3) is 6.47 Å². The Balaban J connectivity index is 0.000000755. The maximum Gasteiger partial charge on any atom is 0.290 e. The van der Waals surface area contributed by atoms with Gasteiger partial charge < -0.3 is 31.5 Å². The van der Waals surface area contributed by atoms with Crippen molar-refractivity contribution in [1.82, 2.24) is 9.97 Å². The van der Waals surface area contributed by atoms with E-state index in [0.717, 1.165) is 20.8 Å². The molecule has 1 fully saturated rings. The normalized spacial score (nSPS) is 23.4. The lowest BCUT2D eigenvalue weighted by molar-refractivity contribution is -0.122. The number of carboxylic acid groups (broad SMARTS) is 1. The molecule has 1 aliphatic rings. The molecule has 1 aliphatic carbocycles. The van der Waals surface area contributed by atoms with Crippen molar-refractivity contribution in [3.63, 3.8) is 0 Å². The van der Waals surface area contributed by atoms with Crippen LogP contribution in [0.1, 0.15) is 6.42 Å². The summed E-state index contributed by atoms with van der Waals surface area (Å²) < 4.78 is 1.07. The lowest BCUT2D eigenvalue weighted by Crippen LogP contribution is -2.35. The van der Waals surface area contributed by atoms with Gasteiger partial charge >= 0.3 is 0 Å². The number of aliphatic hydroxyl groups excluding tert-OH is 3. The average Bonchev–Trinajstić information content (AvgIpc) is 3.25. The molecule has 10 heteroatoms. The molecular formula is C19H22N4O5S. The van der Waals surface area contributed by atoms with Gasteiger partial charge in [-0.25, -0.2) is 9.97 Å². The molecule has 0 bridgehead atoms. The number of nitrogens with zero attached hydrogens (tertiary/aromatic N) is 2. The number of nitrogen functional groups attached to an aromatic ring is 1. The van der Waals surface area contributed by atoms with Crippen LogP contribution in [-0.4, -0.2) is 61.7 Å². The number of thiazole rings is 1. The highest BCUT2D eigenvalue weighted by Crippen LogP contribution is 2.37. The van der Waals surface area contributed by atoms with Crippen LogP contribution >= 0.6 is 11.3 Å². The quantitative estimate of drug-likeness (QED) is 0.341. The van der Waals surface area contributed by atoms with E-state index in [0.29, 0.717) is 17.9 Å². The highest BCUT2D eigenvalue weighted by molar-refractivity contribution is 7.21. The molecule has 154 valence electrons. The van der Waals surface area contributed by atoms with Crippen LogP contribution in [0.15, 0.2) is 36.5 Å². The van der Waals surface area contributed by atoms with Crippen molar-refractivity contribution in [1.29, 1.82) is 0 Å². The third-order valence-electron chi connectivity index (χ3n) is 4.83. The first-order valence-electron chi connectivity index (χ1n) is 8.91. The van der Waals surface area contributed by atoms with E-state index < -0.39 is 18.2 Å². The Morgan fingerprint density at radius 2 is 2.00 bits per heavy atom. The fourth-order valence-electron chi connectivity index (χ4n) is 3.40. The molecule has 9 nitrogen and oxygen atoms in total. The summed E-state index contributed by atoms with van der Waals surface area (Å²) >= 11 is 1.55. The molecule has 0 saturated heterocycles. The number of nitrogens with two attached hydrogens (primary N) is 1. The van der Waals surface area contributed by atoms with Crippen molar-refractivity contribution in [2.24, 2.45) is 5.92 Å². The van der Waals surface area contributed by atoms with Crippen molar-refractivity contribution >= 4 is 39.5 Å². The van der Waals surface area contributed by atoms with Crippen molar-refractivity contribution in [2.75, 3.05) is 17.7 Å². The minimum Gasteiger partial charge on any atom is -0.483 e. The summed E-state index contributed by atoms with van der Waals surface area (Å²) in [6.07, 6.45) is 0.198. The number of rotatable bonds is 4. The van der Waals surface area contributed by atoms with Gasteiger partial charge in [-0.3, -0.25) is 4.79 Å². The summed E-state index contributed by atoms with van der Waals surface area (Å²) in [5, 5.41) is 40.6. The fourth-order valence-corrected chi connectivity index (χ4v) is 4.39. The number of hydrogen-bond acceptors (Lipinski definition) is 9. The monoisotopic (exact) mass is 418 g/mol. The van der Waals surface area contributed by atoms with Crippen LogP contribution in [0.4, 0.5) is 11.5 Å². The topological polar surface area (TPSA) is 162 Å². The number of pyridine rings is 1. The first-order chi connectivity index (χ1) is 14.0. The Hall–Kier alpha value is -2.79. The molecule has 0 radical (unpaired) electrons. The Kier molecular flexibility index (Phi) is 6.60. The minimum absolute atomic E-state index is 0.167. The summed E-state index contributed by atoms with van der Waals surface area (Å²) in [6, 6.07) is 9.19. The van der Waals surface area contributed by atoms with Crippen LogP contribution in [0.2, 0.25) is 0 Å². The van der Waals surface area contributed by atoms with E-state index in [1.54, 1.807) is 23.6 Å². The SMILES string of the molecule is Nc1cc(N[C@@H]2C[C@H](CO)[C@@H](O)[C@H]2O)c(-c2nc3ccccc3s2)cn1.O=CO. The van der Waals surface area contributed by atoms with E-state index in [9.17, 15) is 15.3 Å². The van der Waals surface area contributed by atoms with Crippen molar-refractivity contribution in [3.05, 3.63) is 36.5 Å². The zero-order valence-corrected chi connectivity index (χ0v) is 16.2. The van der Waals surface area contributed by atoms with E-state index in [1.807, 2.05) is 24.3 Å². The Labute approximate surface area is 170 Å². The number of fused-ring (bicyclic) bond motifs is 1. The molecule has 0 unspecified atom stereocenters. The van der Waals surface area contributed by atoms with Gasteiger partial charge in [-0.15, -0.1) is 11.3 Å². The predicted octanol–water partition coefficient (Wildman–Crippen LogP) is 1.16. The van der Waals surface area contributed by atoms with Gasteiger partial charge in [0.2, 0.25) is 0 Å². The van der Waals surface area contributed by atoms with Crippen LogP contribution < -0.4 is 11.1 Å². The van der Waals surface area contributed by atoms with E-state index in [-0.39, 0.29) is 19.0 Å². The summed E-state index contributed by atoms with van der Waals surface area (Å²) in [7, 11) is 0. The molecule has 4 atom stereocenters. The maximum atomic E-state index is 10.3. The molecule has 2 heterocycles. The number of benzene rings is 1. The van der Waals surface area contributed by atoms with Gasteiger partial charge in [0.15, 0.2) is 0 Å². The molecule has 2 aromatic heterocycles. The molecule has 4 rings (SSSR count). The zero-order valence-electron chi connectivity index (χ0n) is 15.3. The Morgan fingerprint density at radius 1 is 1.28 bits per heavy atom. The fraction of sp³-hybridized carbons (Fsp3) is 0.316. The third-order valence-corrected chi connectivity index (χ3v) is 5.90. The molecule has 7 N–H and O–H groups in total. The number of para-hydroxylation sites is 1. The van der Waals surface area contributed by atoms with Gasteiger partial charge in [-0.2, -0.15) is 0 Å². The molecule has 0 aliphatic heterocycles. The van der Waals surface area contributed by atoms with E-state index in [2.05, 4.69) is 15.3 Å². The average molecular weight is 418 g/mol. The van der Waals surface area contributed by atoms with E-state index in [4.69, 9.17) is 15.6 Å². The maximum absolute atomic E-state index is 10.3.